The number of hydrogen-bond acceptors (Lipinski definition) is 4. The molecule has 2 N–H and O–H groups in total. The van der Waals surface area contributed by atoms with Gasteiger partial charge in [0, 0.05) is 39.2 Å². The van der Waals surface area contributed by atoms with Crippen LogP contribution < -0.4 is 15.4 Å². The molecule has 0 spiro atoms. The minimum atomic E-state index is -0.0194. The summed E-state index contributed by atoms with van der Waals surface area (Å²) in [7, 11) is 3.49. The lowest BCUT2D eigenvalue weighted by molar-refractivity contribution is -0.127. The molecule has 3 rings (SSSR count). The van der Waals surface area contributed by atoms with Crippen molar-refractivity contribution in [2.24, 2.45) is 4.99 Å². The van der Waals surface area contributed by atoms with E-state index in [1.54, 1.807) is 19.0 Å². The maximum Gasteiger partial charge on any atom is 0.243 e. The molecule has 160 valence electrons. The number of rotatable bonds is 7. The molecule has 29 heavy (non-hydrogen) atoms. The Bertz CT molecular complexity index is 686. The molecule has 2 heterocycles. The van der Waals surface area contributed by atoms with Crippen LogP contribution in [0.1, 0.15) is 50.1 Å². The Kier molecular flexibility index (Phi) is 8.16. The molecule has 1 aromatic rings. The van der Waals surface area contributed by atoms with Crippen molar-refractivity contribution in [2.75, 3.05) is 40.4 Å². The number of aliphatic imine (C=N–C) groups is 1. The third kappa shape index (κ3) is 6.63. The zero-order chi connectivity index (χ0) is 20.5. The molecule has 1 fully saturated rings. The molecule has 7 heteroatoms. The van der Waals surface area contributed by atoms with Crippen LogP contribution in [0, 0.1) is 0 Å². The van der Waals surface area contributed by atoms with Crippen molar-refractivity contribution < 1.29 is 14.3 Å². The molecule has 0 radical (unpaired) electrons. The van der Waals surface area contributed by atoms with Crippen LogP contribution in [0.3, 0.4) is 0 Å². The van der Waals surface area contributed by atoms with Gasteiger partial charge in [-0.2, -0.15) is 0 Å². The van der Waals surface area contributed by atoms with Gasteiger partial charge in [-0.1, -0.05) is 18.2 Å². The highest BCUT2D eigenvalue weighted by molar-refractivity contribution is 5.85. The summed E-state index contributed by atoms with van der Waals surface area (Å²) < 4.78 is 11.6. The van der Waals surface area contributed by atoms with Crippen LogP contribution in [0.25, 0.3) is 0 Å². The number of ether oxygens (including phenoxy) is 2. The molecule has 2 atom stereocenters. The summed E-state index contributed by atoms with van der Waals surface area (Å²) in [5.74, 6) is 1.56. The van der Waals surface area contributed by atoms with Gasteiger partial charge in [-0.05, 0) is 38.2 Å². The summed E-state index contributed by atoms with van der Waals surface area (Å²) in [5, 5.41) is 6.91. The lowest BCUT2D eigenvalue weighted by Gasteiger charge is -2.28. The van der Waals surface area contributed by atoms with E-state index in [0.717, 1.165) is 50.1 Å². The third-order valence-corrected chi connectivity index (χ3v) is 5.41. The molecule has 0 saturated carbocycles. The van der Waals surface area contributed by atoms with Gasteiger partial charge in [0.1, 0.15) is 12.3 Å². The molecule has 1 aromatic carbocycles. The summed E-state index contributed by atoms with van der Waals surface area (Å²) in [5.41, 5.74) is 1.13. The Labute approximate surface area is 173 Å². The fraction of sp³-hybridized carbons (Fsp3) is 0.636. The van der Waals surface area contributed by atoms with Gasteiger partial charge in [-0.15, -0.1) is 0 Å². The maximum atomic E-state index is 12.0. The Hall–Kier alpha value is -2.28. The number of fused-ring (bicyclic) bond motifs is 1. The van der Waals surface area contributed by atoms with E-state index in [9.17, 15) is 4.79 Å². The lowest BCUT2D eigenvalue weighted by Crippen LogP contribution is -2.42. The van der Waals surface area contributed by atoms with Gasteiger partial charge in [0.15, 0.2) is 5.96 Å². The summed E-state index contributed by atoms with van der Waals surface area (Å²) in [6.45, 7) is 2.48. The van der Waals surface area contributed by atoms with Crippen molar-refractivity contribution in [3.8, 4) is 5.75 Å². The summed E-state index contributed by atoms with van der Waals surface area (Å²) in [6.07, 6.45) is 6.92. The fourth-order valence-corrected chi connectivity index (χ4v) is 3.67. The van der Waals surface area contributed by atoms with E-state index in [4.69, 9.17) is 9.47 Å². The van der Waals surface area contributed by atoms with E-state index < -0.39 is 0 Å². The number of para-hydroxylation sites is 1. The zero-order valence-electron chi connectivity index (χ0n) is 17.7. The summed E-state index contributed by atoms with van der Waals surface area (Å²) >= 11 is 0. The quantitative estimate of drug-likeness (QED) is 0.416. The average Bonchev–Trinajstić information content (AvgIpc) is 2.75. The van der Waals surface area contributed by atoms with E-state index in [2.05, 4.69) is 21.7 Å². The molecule has 2 aliphatic rings. The van der Waals surface area contributed by atoms with Gasteiger partial charge < -0.3 is 25.0 Å². The number of carbonyl (C=O) groups excluding carboxylic acids is 1. The van der Waals surface area contributed by atoms with Crippen molar-refractivity contribution in [1.29, 1.82) is 0 Å². The number of carbonyl (C=O) groups is 1. The largest absolute Gasteiger partial charge is 0.493 e. The second kappa shape index (κ2) is 11.0. The van der Waals surface area contributed by atoms with Crippen LogP contribution in [-0.2, 0) is 9.53 Å². The van der Waals surface area contributed by atoms with Crippen molar-refractivity contribution >= 4 is 11.9 Å². The lowest BCUT2D eigenvalue weighted by atomic mass is 10.0. The first-order chi connectivity index (χ1) is 14.1. The van der Waals surface area contributed by atoms with Gasteiger partial charge in [0.25, 0.3) is 0 Å². The topological polar surface area (TPSA) is 75.2 Å². The molecule has 0 aromatic heterocycles. The van der Waals surface area contributed by atoms with Gasteiger partial charge >= 0.3 is 0 Å². The highest BCUT2D eigenvalue weighted by Crippen LogP contribution is 2.31. The maximum absolute atomic E-state index is 12.0. The minimum Gasteiger partial charge on any atom is -0.493 e. The van der Waals surface area contributed by atoms with E-state index >= 15 is 0 Å². The van der Waals surface area contributed by atoms with Crippen LogP contribution in [0.15, 0.2) is 29.3 Å². The van der Waals surface area contributed by atoms with Gasteiger partial charge in [-0.3, -0.25) is 4.79 Å². The fourth-order valence-electron chi connectivity index (χ4n) is 3.67. The normalized spacial score (nSPS) is 21.7. The first kappa shape index (κ1) is 21.4. The Morgan fingerprint density at radius 1 is 1.21 bits per heavy atom. The Balaban J connectivity index is 1.57. The SMILES string of the molecule is CN(C)C(=O)CN=C(NCCCC1CCCCO1)NC1CCOc2ccccc21. The van der Waals surface area contributed by atoms with Crippen molar-refractivity contribution in [1.82, 2.24) is 15.5 Å². The van der Waals surface area contributed by atoms with Crippen LogP contribution in [0.4, 0.5) is 0 Å². The molecule has 0 aliphatic carbocycles. The van der Waals surface area contributed by atoms with Gasteiger partial charge in [-0.25, -0.2) is 4.99 Å². The summed E-state index contributed by atoms with van der Waals surface area (Å²) in [4.78, 5) is 18.1. The van der Waals surface area contributed by atoms with Gasteiger partial charge in [0.2, 0.25) is 5.91 Å². The van der Waals surface area contributed by atoms with Crippen LogP contribution in [0.2, 0.25) is 0 Å². The molecule has 7 nitrogen and oxygen atoms in total. The van der Waals surface area contributed by atoms with Crippen LogP contribution in [0.5, 0.6) is 5.75 Å². The predicted molar refractivity (Wildman–Crippen MR) is 114 cm³/mol. The number of guanidine groups is 1. The highest BCUT2D eigenvalue weighted by atomic mass is 16.5. The standard InChI is InChI=1S/C22H34N4O3/c1-26(2)21(27)16-24-22(23-13-7-9-17-8-5-6-14-28-17)25-19-12-15-29-20-11-4-3-10-18(19)20/h3-4,10-11,17,19H,5-9,12-16H2,1-2H3,(H2,23,24,25). The molecule has 2 unspecified atom stereocenters. The number of benzene rings is 1. The zero-order valence-corrected chi connectivity index (χ0v) is 17.7. The van der Waals surface area contributed by atoms with E-state index in [0.29, 0.717) is 18.7 Å². The van der Waals surface area contributed by atoms with E-state index in [-0.39, 0.29) is 18.5 Å². The van der Waals surface area contributed by atoms with Gasteiger partial charge in [0.05, 0.1) is 18.8 Å². The monoisotopic (exact) mass is 402 g/mol. The third-order valence-electron chi connectivity index (χ3n) is 5.41. The molecule has 0 bridgehead atoms. The predicted octanol–water partition coefficient (Wildman–Crippen LogP) is 2.48. The highest BCUT2D eigenvalue weighted by Gasteiger charge is 2.22. The number of likely N-dealkylation sites (N-methyl/N-ethyl adjacent to an activating group) is 1. The van der Waals surface area contributed by atoms with Crippen molar-refractivity contribution in [2.45, 2.75) is 50.7 Å². The number of hydrogen-bond donors (Lipinski definition) is 2. The number of nitrogens with zero attached hydrogens (tertiary/aromatic N) is 2. The second-order valence-corrected chi connectivity index (χ2v) is 7.88. The van der Waals surface area contributed by atoms with Crippen molar-refractivity contribution in [3.63, 3.8) is 0 Å². The summed E-state index contributed by atoms with van der Waals surface area (Å²) in [6, 6.07) is 8.19. The van der Waals surface area contributed by atoms with Crippen LogP contribution in [-0.4, -0.2) is 63.3 Å². The molecule has 1 amide bonds. The molecular formula is C22H34N4O3. The smallest absolute Gasteiger partial charge is 0.243 e. The number of nitrogens with one attached hydrogen (secondary N) is 2. The van der Waals surface area contributed by atoms with E-state index in [1.807, 2.05) is 18.2 Å². The van der Waals surface area contributed by atoms with Crippen LogP contribution >= 0.6 is 0 Å². The minimum absolute atomic E-state index is 0.0194. The first-order valence-corrected chi connectivity index (χ1v) is 10.7. The average molecular weight is 403 g/mol. The van der Waals surface area contributed by atoms with Crippen molar-refractivity contribution in [3.05, 3.63) is 29.8 Å². The molecule has 2 aliphatic heterocycles. The molecule has 1 saturated heterocycles. The molecular weight excluding hydrogens is 368 g/mol. The Morgan fingerprint density at radius 3 is 2.86 bits per heavy atom. The number of amides is 1. The second-order valence-electron chi connectivity index (χ2n) is 7.88. The first-order valence-electron chi connectivity index (χ1n) is 10.7. The van der Waals surface area contributed by atoms with E-state index in [1.165, 1.54) is 12.8 Å². The Morgan fingerprint density at radius 2 is 2.07 bits per heavy atom.